The molecule has 0 saturated heterocycles. The zero-order valence-corrected chi connectivity index (χ0v) is 9.74. The summed E-state index contributed by atoms with van der Waals surface area (Å²) in [6.07, 6.45) is 9.21. The third kappa shape index (κ3) is 3.85. The minimum absolute atomic E-state index is 0.0236. The van der Waals surface area contributed by atoms with Crippen LogP contribution in [0, 0.1) is 36.3 Å². The van der Waals surface area contributed by atoms with Crippen LogP contribution in [0.25, 0.3) is 0 Å². The normalized spacial score (nSPS) is 11.9. The van der Waals surface area contributed by atoms with Crippen molar-refractivity contribution in [2.24, 2.45) is 0 Å². The highest BCUT2D eigenvalue weighted by Crippen LogP contribution is 2.18. The van der Waals surface area contributed by atoms with E-state index in [2.05, 4.69) is 11.8 Å². The summed E-state index contributed by atoms with van der Waals surface area (Å²) in [4.78, 5) is 1.62. The molecular formula is C14H13F2NO. The lowest BCUT2D eigenvalue weighted by Crippen LogP contribution is -2.29. The Balaban J connectivity index is 2.77. The molecule has 94 valence electrons. The molecule has 4 heteroatoms. The van der Waals surface area contributed by atoms with E-state index in [1.54, 1.807) is 4.90 Å². The second-order valence-electron chi connectivity index (χ2n) is 3.76. The molecule has 1 N–H and O–H groups in total. The Bertz CT molecular complexity index is 472. The third-order valence-corrected chi connectivity index (χ3v) is 2.38. The molecule has 0 aromatic heterocycles. The Morgan fingerprint density at radius 1 is 1.22 bits per heavy atom. The average molecular weight is 249 g/mol. The molecular weight excluding hydrogens is 236 g/mol. The molecule has 1 rings (SSSR count). The summed E-state index contributed by atoms with van der Waals surface area (Å²) in [5.74, 6) is 3.32. The van der Waals surface area contributed by atoms with Crippen molar-refractivity contribution in [3.8, 4) is 24.7 Å². The fraction of sp³-hybridized carbons (Fsp3) is 0.286. The van der Waals surface area contributed by atoms with Crippen molar-refractivity contribution in [2.75, 3.05) is 19.6 Å². The summed E-state index contributed by atoms with van der Waals surface area (Å²) in [6, 6.07) is 3.03. The van der Waals surface area contributed by atoms with Crippen LogP contribution in [0.5, 0.6) is 0 Å². The van der Waals surface area contributed by atoms with Crippen LogP contribution in [0.15, 0.2) is 18.2 Å². The predicted octanol–water partition coefficient (Wildman–Crippen LogP) is 1.57. The Labute approximate surface area is 105 Å². The monoisotopic (exact) mass is 249 g/mol. The topological polar surface area (TPSA) is 23.5 Å². The lowest BCUT2D eigenvalue weighted by atomic mass is 10.1. The molecule has 0 spiro atoms. The average Bonchev–Trinajstić information content (AvgIpc) is 2.29. The van der Waals surface area contributed by atoms with Gasteiger partial charge in [-0.05, 0) is 6.07 Å². The minimum atomic E-state index is -1.10. The Hall–Kier alpha value is -1.88. The van der Waals surface area contributed by atoms with Crippen molar-refractivity contribution in [1.29, 1.82) is 0 Å². The van der Waals surface area contributed by atoms with Crippen molar-refractivity contribution in [1.82, 2.24) is 4.90 Å². The molecule has 0 bridgehead atoms. The van der Waals surface area contributed by atoms with Gasteiger partial charge in [0.25, 0.3) is 0 Å². The van der Waals surface area contributed by atoms with Crippen LogP contribution in [0.4, 0.5) is 8.78 Å². The zero-order chi connectivity index (χ0) is 13.5. The van der Waals surface area contributed by atoms with Crippen LogP contribution in [-0.4, -0.2) is 29.6 Å². The summed E-state index contributed by atoms with van der Waals surface area (Å²) in [7, 11) is 0. The van der Waals surface area contributed by atoms with E-state index in [9.17, 15) is 13.9 Å². The van der Waals surface area contributed by atoms with Gasteiger partial charge in [-0.3, -0.25) is 4.90 Å². The highest BCUT2D eigenvalue weighted by Gasteiger charge is 2.16. The van der Waals surface area contributed by atoms with Gasteiger partial charge in [0.05, 0.1) is 19.2 Å². The smallest absolute Gasteiger partial charge is 0.131 e. The zero-order valence-electron chi connectivity index (χ0n) is 9.74. The van der Waals surface area contributed by atoms with E-state index >= 15 is 0 Å². The van der Waals surface area contributed by atoms with Crippen LogP contribution in [0.3, 0.4) is 0 Å². The summed E-state index contributed by atoms with van der Waals surface area (Å²) in [5.41, 5.74) is 0.0236. The van der Waals surface area contributed by atoms with Gasteiger partial charge in [-0.25, -0.2) is 8.78 Å². The van der Waals surface area contributed by atoms with Gasteiger partial charge in [-0.15, -0.1) is 12.8 Å². The van der Waals surface area contributed by atoms with E-state index in [-0.39, 0.29) is 25.2 Å². The summed E-state index contributed by atoms with van der Waals surface area (Å²) < 4.78 is 26.2. The fourth-order valence-corrected chi connectivity index (χ4v) is 1.56. The van der Waals surface area contributed by atoms with Crippen molar-refractivity contribution in [3.63, 3.8) is 0 Å². The molecule has 1 atom stereocenters. The number of halogens is 2. The molecule has 0 heterocycles. The van der Waals surface area contributed by atoms with Gasteiger partial charge >= 0.3 is 0 Å². The third-order valence-electron chi connectivity index (χ3n) is 2.38. The van der Waals surface area contributed by atoms with Crippen molar-refractivity contribution >= 4 is 0 Å². The number of aliphatic hydroxyl groups excluding tert-OH is 1. The maximum atomic E-state index is 13.4. The molecule has 18 heavy (non-hydrogen) atoms. The van der Waals surface area contributed by atoms with Crippen molar-refractivity contribution in [3.05, 3.63) is 35.4 Å². The Morgan fingerprint density at radius 3 is 2.33 bits per heavy atom. The number of terminal acetylenes is 2. The standard InChI is InChI=1S/C14H13F2NO/c1-3-7-17(8-4-2)10-14(18)12-6-5-11(15)9-13(12)16/h1-2,5-6,9,14,18H,7-8,10H2. The van der Waals surface area contributed by atoms with Gasteiger partial charge in [0, 0.05) is 18.2 Å². The second kappa shape index (κ2) is 6.76. The largest absolute Gasteiger partial charge is 0.387 e. The summed E-state index contributed by atoms with van der Waals surface area (Å²) >= 11 is 0. The molecule has 1 aromatic carbocycles. The Morgan fingerprint density at radius 2 is 1.83 bits per heavy atom. The number of hydrogen-bond acceptors (Lipinski definition) is 2. The van der Waals surface area contributed by atoms with E-state index in [4.69, 9.17) is 12.8 Å². The van der Waals surface area contributed by atoms with Crippen LogP contribution in [0.1, 0.15) is 11.7 Å². The number of aliphatic hydroxyl groups is 1. The summed E-state index contributed by atoms with van der Waals surface area (Å²) in [6.45, 7) is 0.602. The molecule has 0 saturated carbocycles. The first-order valence-electron chi connectivity index (χ1n) is 5.30. The first-order valence-corrected chi connectivity index (χ1v) is 5.30. The van der Waals surface area contributed by atoms with Crippen molar-refractivity contribution in [2.45, 2.75) is 6.10 Å². The number of benzene rings is 1. The van der Waals surface area contributed by atoms with Gasteiger partial charge in [0.1, 0.15) is 11.6 Å². The molecule has 1 aromatic rings. The molecule has 2 nitrogen and oxygen atoms in total. The van der Waals surface area contributed by atoms with Gasteiger partial charge in [0.15, 0.2) is 0 Å². The van der Waals surface area contributed by atoms with Crippen molar-refractivity contribution < 1.29 is 13.9 Å². The molecule has 0 amide bonds. The van der Waals surface area contributed by atoms with Crippen LogP contribution < -0.4 is 0 Å². The lowest BCUT2D eigenvalue weighted by Gasteiger charge is -2.21. The van der Waals surface area contributed by atoms with Crippen LogP contribution >= 0.6 is 0 Å². The first kappa shape index (κ1) is 14.2. The van der Waals surface area contributed by atoms with Crippen LogP contribution in [0.2, 0.25) is 0 Å². The second-order valence-corrected chi connectivity index (χ2v) is 3.76. The first-order chi connectivity index (χ1) is 8.58. The summed E-state index contributed by atoms with van der Waals surface area (Å²) in [5, 5.41) is 9.87. The molecule has 0 aliphatic carbocycles. The highest BCUT2D eigenvalue weighted by atomic mass is 19.1. The Kier molecular flexibility index (Phi) is 5.32. The molecule has 0 aliphatic rings. The van der Waals surface area contributed by atoms with E-state index in [0.29, 0.717) is 0 Å². The highest BCUT2D eigenvalue weighted by molar-refractivity contribution is 5.21. The van der Waals surface area contributed by atoms with Gasteiger partial charge < -0.3 is 5.11 Å². The van der Waals surface area contributed by atoms with Crippen LogP contribution in [-0.2, 0) is 0 Å². The molecule has 1 unspecified atom stereocenters. The minimum Gasteiger partial charge on any atom is -0.387 e. The molecule has 0 aliphatic heterocycles. The maximum Gasteiger partial charge on any atom is 0.131 e. The maximum absolute atomic E-state index is 13.4. The van der Waals surface area contributed by atoms with E-state index < -0.39 is 17.7 Å². The number of rotatable bonds is 5. The van der Waals surface area contributed by atoms with Gasteiger partial charge in [-0.2, -0.15) is 0 Å². The van der Waals surface area contributed by atoms with E-state index in [1.807, 2.05) is 0 Å². The van der Waals surface area contributed by atoms with E-state index in [1.165, 1.54) is 6.07 Å². The lowest BCUT2D eigenvalue weighted by molar-refractivity contribution is 0.124. The SMILES string of the molecule is C#CCN(CC#C)CC(O)c1ccc(F)cc1F. The number of nitrogens with zero attached hydrogens (tertiary/aromatic N) is 1. The van der Waals surface area contributed by atoms with Gasteiger partial charge in [0.2, 0.25) is 0 Å². The molecule has 0 radical (unpaired) electrons. The quantitative estimate of drug-likeness (QED) is 0.801. The molecule has 0 fully saturated rings. The van der Waals surface area contributed by atoms with Gasteiger partial charge in [-0.1, -0.05) is 17.9 Å². The fourth-order valence-electron chi connectivity index (χ4n) is 1.56. The van der Waals surface area contributed by atoms with E-state index in [0.717, 1.165) is 12.1 Å². The predicted molar refractivity (Wildman–Crippen MR) is 65.4 cm³/mol. The number of hydrogen-bond donors (Lipinski definition) is 1.